The van der Waals surface area contributed by atoms with Crippen LogP contribution in [0.25, 0.3) is 0 Å². The number of nitrogens with zero attached hydrogens (tertiary/aromatic N) is 4. The number of benzene rings is 3. The summed E-state index contributed by atoms with van der Waals surface area (Å²) < 4.78 is 11.6. The van der Waals surface area contributed by atoms with Gasteiger partial charge in [-0.25, -0.2) is 4.98 Å². The number of amides is 1. The van der Waals surface area contributed by atoms with Crippen LogP contribution in [0.15, 0.2) is 91.6 Å². The van der Waals surface area contributed by atoms with Crippen molar-refractivity contribution < 1.29 is 14.3 Å². The van der Waals surface area contributed by atoms with E-state index in [9.17, 15) is 4.79 Å². The lowest BCUT2D eigenvalue weighted by Gasteiger charge is -2.26. The Kier molecular flexibility index (Phi) is 9.74. The van der Waals surface area contributed by atoms with Crippen LogP contribution in [0.5, 0.6) is 17.2 Å². The van der Waals surface area contributed by atoms with Gasteiger partial charge < -0.3 is 35.2 Å². The van der Waals surface area contributed by atoms with Crippen molar-refractivity contribution in [2.24, 2.45) is 0 Å². The van der Waals surface area contributed by atoms with Crippen LogP contribution in [0.2, 0.25) is 0 Å². The van der Waals surface area contributed by atoms with Crippen LogP contribution in [0.1, 0.15) is 0 Å². The van der Waals surface area contributed by atoms with E-state index in [1.807, 2.05) is 81.8 Å². The summed E-state index contributed by atoms with van der Waals surface area (Å²) in [5, 5.41) is 9.41. The predicted molar refractivity (Wildman–Crippen MR) is 165 cm³/mol. The van der Waals surface area contributed by atoms with Gasteiger partial charge in [-0.1, -0.05) is 24.8 Å². The van der Waals surface area contributed by atoms with Crippen LogP contribution < -0.4 is 30.3 Å². The second-order valence-electron chi connectivity index (χ2n) is 9.44. The number of carbonyl (C=O) groups is 1. The summed E-state index contributed by atoms with van der Waals surface area (Å²) in [4.78, 5) is 25.4. The Morgan fingerprint density at radius 3 is 2.34 bits per heavy atom. The molecule has 4 rings (SSSR count). The molecule has 3 N–H and O–H groups in total. The fraction of sp³-hybridized carbons (Fsp3) is 0.194. The standard InChI is InChI=1S/C31H35N7O3/c1-6-30(39)34-25-20-26(28(40-5)21-27(25)38(4)19-18-37(2)3)35-31-32-17-16-29(36-31)33-22-12-14-24(15-13-22)41-23-10-8-7-9-11-23/h6-17,20-21H,1,18-19H2,2-5H3,(H,34,39)(H2,32,33,35,36). The molecule has 0 aliphatic rings. The number of ether oxygens (including phenoxy) is 2. The minimum Gasteiger partial charge on any atom is -0.494 e. The van der Waals surface area contributed by atoms with Crippen molar-refractivity contribution in [2.45, 2.75) is 0 Å². The van der Waals surface area contributed by atoms with Gasteiger partial charge >= 0.3 is 0 Å². The molecule has 0 radical (unpaired) electrons. The van der Waals surface area contributed by atoms with Gasteiger partial charge in [-0.05, 0) is 68.7 Å². The van der Waals surface area contributed by atoms with E-state index in [2.05, 4.69) is 42.3 Å². The van der Waals surface area contributed by atoms with Gasteiger partial charge in [-0.15, -0.1) is 0 Å². The number of carbonyl (C=O) groups excluding carboxylic acids is 1. The van der Waals surface area contributed by atoms with Crippen LogP contribution in [0.4, 0.5) is 34.5 Å². The van der Waals surface area contributed by atoms with Gasteiger partial charge in [0.25, 0.3) is 0 Å². The second-order valence-corrected chi connectivity index (χ2v) is 9.44. The minimum absolute atomic E-state index is 0.314. The summed E-state index contributed by atoms with van der Waals surface area (Å²) in [5.74, 6) is 2.71. The lowest BCUT2D eigenvalue weighted by Crippen LogP contribution is -2.29. The number of aromatic nitrogens is 2. The van der Waals surface area contributed by atoms with Gasteiger partial charge in [-0.2, -0.15) is 4.98 Å². The highest BCUT2D eigenvalue weighted by molar-refractivity contribution is 6.02. The summed E-state index contributed by atoms with van der Waals surface area (Å²) in [6.07, 6.45) is 2.89. The van der Waals surface area contributed by atoms with E-state index in [-0.39, 0.29) is 5.91 Å². The molecule has 4 aromatic rings. The van der Waals surface area contributed by atoms with Crippen molar-refractivity contribution in [3.05, 3.63) is 91.6 Å². The number of anilines is 6. The average molecular weight is 554 g/mol. The summed E-state index contributed by atoms with van der Waals surface area (Å²) in [6.45, 7) is 5.16. The Bertz CT molecular complexity index is 1460. The Labute approximate surface area is 240 Å². The first-order chi connectivity index (χ1) is 19.8. The molecule has 0 aliphatic heterocycles. The lowest BCUT2D eigenvalue weighted by atomic mass is 10.2. The highest BCUT2D eigenvalue weighted by atomic mass is 16.5. The van der Waals surface area contributed by atoms with Gasteiger partial charge in [0.1, 0.15) is 23.1 Å². The molecule has 0 saturated heterocycles. The Morgan fingerprint density at radius 1 is 0.927 bits per heavy atom. The van der Waals surface area contributed by atoms with Crippen molar-refractivity contribution in [3.63, 3.8) is 0 Å². The van der Waals surface area contributed by atoms with Gasteiger partial charge in [0.15, 0.2) is 0 Å². The molecule has 0 aliphatic carbocycles. The van der Waals surface area contributed by atoms with Crippen LogP contribution >= 0.6 is 0 Å². The summed E-state index contributed by atoms with van der Waals surface area (Å²) in [6, 6.07) is 22.7. The quantitative estimate of drug-likeness (QED) is 0.175. The fourth-order valence-electron chi connectivity index (χ4n) is 3.89. The third kappa shape index (κ3) is 8.20. The van der Waals surface area contributed by atoms with E-state index >= 15 is 0 Å². The van der Waals surface area contributed by atoms with Crippen LogP contribution in [0, 0.1) is 0 Å². The molecular weight excluding hydrogens is 518 g/mol. The summed E-state index contributed by atoms with van der Waals surface area (Å²) >= 11 is 0. The van der Waals surface area contributed by atoms with Gasteiger partial charge in [-0.3, -0.25) is 4.79 Å². The third-order valence-electron chi connectivity index (χ3n) is 6.06. The highest BCUT2D eigenvalue weighted by Gasteiger charge is 2.16. The average Bonchev–Trinajstić information content (AvgIpc) is 2.97. The minimum atomic E-state index is -0.314. The molecule has 0 fully saturated rings. The summed E-state index contributed by atoms with van der Waals surface area (Å²) in [5.41, 5.74) is 2.84. The van der Waals surface area contributed by atoms with Crippen molar-refractivity contribution in [1.29, 1.82) is 0 Å². The molecule has 0 saturated carbocycles. The topological polar surface area (TPSA) is 104 Å². The van der Waals surface area contributed by atoms with E-state index in [4.69, 9.17) is 9.47 Å². The third-order valence-corrected chi connectivity index (χ3v) is 6.06. The molecule has 41 heavy (non-hydrogen) atoms. The fourth-order valence-corrected chi connectivity index (χ4v) is 3.89. The van der Waals surface area contributed by atoms with E-state index in [1.54, 1.807) is 25.4 Å². The highest BCUT2D eigenvalue weighted by Crippen LogP contribution is 2.38. The Hall–Kier alpha value is -5.09. The smallest absolute Gasteiger partial charge is 0.247 e. The van der Waals surface area contributed by atoms with Gasteiger partial charge in [0, 0.05) is 38.1 Å². The molecule has 10 nitrogen and oxygen atoms in total. The number of rotatable bonds is 13. The predicted octanol–water partition coefficient (Wildman–Crippen LogP) is 5.89. The maximum absolute atomic E-state index is 12.2. The van der Waals surface area contributed by atoms with E-state index in [1.165, 1.54) is 6.08 Å². The number of hydrogen-bond acceptors (Lipinski definition) is 9. The van der Waals surface area contributed by atoms with Crippen LogP contribution in [-0.4, -0.2) is 62.1 Å². The zero-order chi connectivity index (χ0) is 29.2. The second kappa shape index (κ2) is 13.8. The maximum Gasteiger partial charge on any atom is 0.247 e. The van der Waals surface area contributed by atoms with Crippen molar-refractivity contribution in [2.75, 3.05) is 62.2 Å². The van der Waals surface area contributed by atoms with E-state index in [0.29, 0.717) is 28.9 Å². The Balaban J connectivity index is 1.52. The zero-order valence-electron chi connectivity index (χ0n) is 23.7. The molecule has 10 heteroatoms. The maximum atomic E-state index is 12.2. The van der Waals surface area contributed by atoms with Crippen LogP contribution in [0.3, 0.4) is 0 Å². The van der Waals surface area contributed by atoms with Gasteiger partial charge in [0.05, 0.1) is 24.2 Å². The number of hydrogen-bond donors (Lipinski definition) is 3. The zero-order valence-corrected chi connectivity index (χ0v) is 23.7. The van der Waals surface area contributed by atoms with E-state index in [0.717, 1.165) is 36.0 Å². The molecule has 1 amide bonds. The number of likely N-dealkylation sites (N-methyl/N-ethyl adjacent to an activating group) is 2. The van der Waals surface area contributed by atoms with Crippen molar-refractivity contribution in [3.8, 4) is 17.2 Å². The molecule has 212 valence electrons. The molecule has 0 spiro atoms. The number of para-hydroxylation sites is 1. The molecule has 1 heterocycles. The molecule has 0 atom stereocenters. The first kappa shape index (κ1) is 28.9. The molecule has 0 unspecified atom stereocenters. The van der Waals surface area contributed by atoms with E-state index < -0.39 is 0 Å². The molecular formula is C31H35N7O3. The molecule has 3 aromatic carbocycles. The molecule has 1 aromatic heterocycles. The SMILES string of the molecule is C=CC(=O)Nc1cc(Nc2nccc(Nc3ccc(Oc4ccccc4)cc3)n2)c(OC)cc1N(C)CCN(C)C. The van der Waals surface area contributed by atoms with Crippen molar-refractivity contribution in [1.82, 2.24) is 14.9 Å². The largest absolute Gasteiger partial charge is 0.494 e. The monoisotopic (exact) mass is 553 g/mol. The summed E-state index contributed by atoms with van der Waals surface area (Å²) in [7, 11) is 7.59. The molecule has 0 bridgehead atoms. The lowest BCUT2D eigenvalue weighted by molar-refractivity contribution is -0.111. The Morgan fingerprint density at radius 2 is 1.66 bits per heavy atom. The number of nitrogens with one attached hydrogen (secondary N) is 3. The first-order valence-corrected chi connectivity index (χ1v) is 13.1. The number of methoxy groups -OCH3 is 1. The normalized spacial score (nSPS) is 10.6. The van der Waals surface area contributed by atoms with Crippen molar-refractivity contribution >= 4 is 40.4 Å². The van der Waals surface area contributed by atoms with Crippen LogP contribution in [-0.2, 0) is 4.79 Å². The first-order valence-electron chi connectivity index (χ1n) is 13.1. The van der Waals surface area contributed by atoms with Gasteiger partial charge in [0.2, 0.25) is 11.9 Å².